The van der Waals surface area contributed by atoms with Crippen molar-refractivity contribution in [2.75, 3.05) is 13.6 Å². The lowest BCUT2D eigenvalue weighted by Gasteiger charge is -2.15. The van der Waals surface area contributed by atoms with Crippen molar-refractivity contribution in [2.24, 2.45) is 0 Å². The average Bonchev–Trinajstić information content (AvgIpc) is 2.22. The lowest BCUT2D eigenvalue weighted by atomic mass is 9.97. The van der Waals surface area contributed by atoms with Crippen LogP contribution in [-0.4, -0.2) is 18.7 Å². The Balaban J connectivity index is 2.65. The molecule has 0 radical (unpaired) electrons. The predicted octanol–water partition coefficient (Wildman–Crippen LogP) is 2.34. The van der Waals surface area contributed by atoms with Gasteiger partial charge in [0.15, 0.2) is 0 Å². The third kappa shape index (κ3) is 3.33. The summed E-state index contributed by atoms with van der Waals surface area (Å²) in [5.41, 5.74) is 3.54. The second kappa shape index (κ2) is 5.89. The first-order valence-electron chi connectivity index (χ1n) is 5.55. The summed E-state index contributed by atoms with van der Waals surface area (Å²) < 4.78 is 0. The van der Waals surface area contributed by atoms with E-state index in [1.54, 1.807) is 0 Å². The Hall–Kier alpha value is -0.860. The highest BCUT2D eigenvalue weighted by Gasteiger charge is 2.10. The molecule has 0 heterocycles. The van der Waals surface area contributed by atoms with Gasteiger partial charge in [0.25, 0.3) is 0 Å². The van der Waals surface area contributed by atoms with Gasteiger partial charge >= 0.3 is 0 Å². The minimum atomic E-state index is -0.321. The van der Waals surface area contributed by atoms with E-state index in [0.717, 1.165) is 24.9 Å². The summed E-state index contributed by atoms with van der Waals surface area (Å²) in [5.74, 6) is 0. The van der Waals surface area contributed by atoms with Crippen LogP contribution >= 0.6 is 0 Å². The van der Waals surface area contributed by atoms with Gasteiger partial charge in [0, 0.05) is 0 Å². The largest absolute Gasteiger partial charge is 0.388 e. The third-order valence-corrected chi connectivity index (χ3v) is 2.91. The molecule has 15 heavy (non-hydrogen) atoms. The highest BCUT2D eigenvalue weighted by molar-refractivity contribution is 5.34. The number of aliphatic hydroxyl groups is 1. The van der Waals surface area contributed by atoms with Crippen LogP contribution in [-0.2, 0) is 0 Å². The second-order valence-electron chi connectivity index (χ2n) is 4.05. The van der Waals surface area contributed by atoms with Gasteiger partial charge in [-0.2, -0.15) is 0 Å². The number of nitrogens with one attached hydrogen (secondary N) is 1. The topological polar surface area (TPSA) is 32.3 Å². The standard InChI is InChI=1S/C13H21NO/c1-10-6-4-7-12(11(10)2)13(15)8-5-9-14-3/h4,6-7,13-15H,5,8-9H2,1-3H3. The van der Waals surface area contributed by atoms with Crippen LogP contribution in [0.4, 0.5) is 0 Å². The van der Waals surface area contributed by atoms with Crippen molar-refractivity contribution in [1.29, 1.82) is 0 Å². The van der Waals surface area contributed by atoms with Crippen LogP contribution in [0.3, 0.4) is 0 Å². The van der Waals surface area contributed by atoms with Gasteiger partial charge in [-0.1, -0.05) is 18.2 Å². The summed E-state index contributed by atoms with van der Waals surface area (Å²) in [7, 11) is 1.93. The number of hydrogen-bond donors (Lipinski definition) is 2. The smallest absolute Gasteiger partial charge is 0.0793 e. The molecule has 1 atom stereocenters. The molecule has 0 aromatic heterocycles. The molecule has 0 aliphatic heterocycles. The van der Waals surface area contributed by atoms with E-state index in [1.165, 1.54) is 11.1 Å². The molecule has 1 aromatic carbocycles. The molecule has 1 rings (SSSR count). The highest BCUT2D eigenvalue weighted by atomic mass is 16.3. The zero-order valence-corrected chi connectivity index (χ0v) is 9.88. The zero-order chi connectivity index (χ0) is 11.3. The monoisotopic (exact) mass is 207 g/mol. The molecule has 0 saturated carbocycles. The lowest BCUT2D eigenvalue weighted by molar-refractivity contribution is 0.164. The predicted molar refractivity (Wildman–Crippen MR) is 64.0 cm³/mol. The number of benzene rings is 1. The Bertz CT molecular complexity index is 309. The first-order chi connectivity index (χ1) is 7.16. The fraction of sp³-hybridized carbons (Fsp3) is 0.538. The number of aliphatic hydroxyl groups excluding tert-OH is 1. The SMILES string of the molecule is CNCCCC(O)c1cccc(C)c1C. The summed E-state index contributed by atoms with van der Waals surface area (Å²) >= 11 is 0. The van der Waals surface area contributed by atoms with Crippen molar-refractivity contribution in [3.05, 3.63) is 34.9 Å². The first-order valence-corrected chi connectivity index (χ1v) is 5.55. The summed E-state index contributed by atoms with van der Waals surface area (Å²) in [6, 6.07) is 6.12. The maximum absolute atomic E-state index is 10.0. The lowest BCUT2D eigenvalue weighted by Crippen LogP contribution is -2.10. The molecule has 0 bridgehead atoms. The maximum Gasteiger partial charge on any atom is 0.0793 e. The molecule has 1 unspecified atom stereocenters. The van der Waals surface area contributed by atoms with Crippen LogP contribution in [0.1, 0.15) is 35.6 Å². The van der Waals surface area contributed by atoms with E-state index in [9.17, 15) is 5.11 Å². The van der Waals surface area contributed by atoms with Gasteiger partial charge in [0.2, 0.25) is 0 Å². The molecule has 2 N–H and O–H groups in total. The van der Waals surface area contributed by atoms with Gasteiger partial charge in [-0.05, 0) is 57.0 Å². The van der Waals surface area contributed by atoms with Crippen LogP contribution < -0.4 is 5.32 Å². The number of rotatable bonds is 5. The van der Waals surface area contributed by atoms with Gasteiger partial charge in [-0.15, -0.1) is 0 Å². The van der Waals surface area contributed by atoms with Crippen molar-refractivity contribution in [3.8, 4) is 0 Å². The van der Waals surface area contributed by atoms with Gasteiger partial charge < -0.3 is 10.4 Å². The van der Waals surface area contributed by atoms with Crippen molar-refractivity contribution < 1.29 is 5.11 Å². The van der Waals surface area contributed by atoms with E-state index in [0.29, 0.717) is 0 Å². The molecule has 0 saturated heterocycles. The number of hydrogen-bond acceptors (Lipinski definition) is 2. The quantitative estimate of drug-likeness (QED) is 0.726. The molecule has 0 amide bonds. The molecular weight excluding hydrogens is 186 g/mol. The van der Waals surface area contributed by atoms with Crippen LogP contribution in [0.15, 0.2) is 18.2 Å². The summed E-state index contributed by atoms with van der Waals surface area (Å²) in [4.78, 5) is 0. The van der Waals surface area contributed by atoms with Crippen molar-refractivity contribution in [3.63, 3.8) is 0 Å². The highest BCUT2D eigenvalue weighted by Crippen LogP contribution is 2.23. The van der Waals surface area contributed by atoms with E-state index in [4.69, 9.17) is 0 Å². The first kappa shape index (κ1) is 12.2. The molecule has 0 spiro atoms. The molecular formula is C13H21NO. The Morgan fingerprint density at radius 2 is 2.07 bits per heavy atom. The van der Waals surface area contributed by atoms with E-state index in [-0.39, 0.29) is 6.10 Å². The molecule has 2 nitrogen and oxygen atoms in total. The van der Waals surface area contributed by atoms with Crippen molar-refractivity contribution >= 4 is 0 Å². The minimum absolute atomic E-state index is 0.321. The fourth-order valence-corrected chi connectivity index (χ4v) is 1.76. The summed E-state index contributed by atoms with van der Waals surface area (Å²) in [6.07, 6.45) is 1.51. The van der Waals surface area contributed by atoms with Gasteiger partial charge in [-0.25, -0.2) is 0 Å². The zero-order valence-electron chi connectivity index (χ0n) is 9.88. The van der Waals surface area contributed by atoms with E-state index < -0.39 is 0 Å². The van der Waals surface area contributed by atoms with E-state index in [1.807, 2.05) is 19.2 Å². The summed E-state index contributed by atoms with van der Waals surface area (Å²) in [6.45, 7) is 5.12. The molecule has 0 aliphatic carbocycles. The van der Waals surface area contributed by atoms with Crippen molar-refractivity contribution in [2.45, 2.75) is 32.8 Å². The Morgan fingerprint density at radius 3 is 2.73 bits per heavy atom. The third-order valence-electron chi connectivity index (χ3n) is 2.91. The molecule has 2 heteroatoms. The van der Waals surface area contributed by atoms with E-state index >= 15 is 0 Å². The fourth-order valence-electron chi connectivity index (χ4n) is 1.76. The number of aryl methyl sites for hydroxylation is 1. The Labute approximate surface area is 92.3 Å². The Kier molecular flexibility index (Phi) is 4.79. The molecule has 84 valence electrons. The average molecular weight is 207 g/mol. The van der Waals surface area contributed by atoms with Crippen LogP contribution in [0.5, 0.6) is 0 Å². The maximum atomic E-state index is 10.0. The second-order valence-corrected chi connectivity index (χ2v) is 4.05. The molecule has 0 fully saturated rings. The van der Waals surface area contributed by atoms with Gasteiger partial charge in [-0.3, -0.25) is 0 Å². The van der Waals surface area contributed by atoms with Crippen LogP contribution in [0.25, 0.3) is 0 Å². The van der Waals surface area contributed by atoms with E-state index in [2.05, 4.69) is 25.2 Å². The van der Waals surface area contributed by atoms with Crippen LogP contribution in [0.2, 0.25) is 0 Å². The van der Waals surface area contributed by atoms with Gasteiger partial charge in [0.1, 0.15) is 0 Å². The normalized spacial score (nSPS) is 12.8. The Morgan fingerprint density at radius 1 is 1.33 bits per heavy atom. The van der Waals surface area contributed by atoms with Gasteiger partial charge in [0.05, 0.1) is 6.10 Å². The van der Waals surface area contributed by atoms with Crippen molar-refractivity contribution in [1.82, 2.24) is 5.32 Å². The molecule has 0 aliphatic rings. The molecule has 1 aromatic rings. The van der Waals surface area contributed by atoms with Crippen LogP contribution in [0, 0.1) is 13.8 Å². The summed E-state index contributed by atoms with van der Waals surface area (Å²) in [5, 5.41) is 13.1. The minimum Gasteiger partial charge on any atom is -0.388 e.